The van der Waals surface area contributed by atoms with Gasteiger partial charge in [0.15, 0.2) is 0 Å². The van der Waals surface area contributed by atoms with Crippen molar-refractivity contribution in [3.05, 3.63) is 23.8 Å². The van der Waals surface area contributed by atoms with E-state index in [1.165, 1.54) is 5.56 Å². The topological polar surface area (TPSA) is 81.6 Å². The molecule has 1 fully saturated rings. The van der Waals surface area contributed by atoms with Crippen molar-refractivity contribution in [2.45, 2.75) is 39.5 Å². The maximum atomic E-state index is 11.9. The number of hydrogen-bond donors (Lipinski definition) is 2. The highest BCUT2D eigenvalue weighted by Crippen LogP contribution is 2.31. The predicted octanol–water partition coefficient (Wildman–Crippen LogP) is 2.53. The van der Waals surface area contributed by atoms with E-state index < -0.39 is 5.41 Å². The number of carbonyl (C=O) groups excluding carboxylic acids is 1. The van der Waals surface area contributed by atoms with Gasteiger partial charge in [0.1, 0.15) is 0 Å². The molecule has 0 bridgehead atoms. The summed E-state index contributed by atoms with van der Waals surface area (Å²) in [5.74, 6) is 0.259. The van der Waals surface area contributed by atoms with E-state index in [1.54, 1.807) is 5.06 Å². The van der Waals surface area contributed by atoms with E-state index in [0.29, 0.717) is 17.3 Å². The molecule has 1 aliphatic rings. The largest absolute Gasteiger partial charge is 0.397 e. The molecule has 0 radical (unpaired) electrons. The van der Waals surface area contributed by atoms with Gasteiger partial charge in [0.05, 0.1) is 16.8 Å². The van der Waals surface area contributed by atoms with Gasteiger partial charge >= 0.3 is 5.97 Å². The standard InChI is InChI=1S/C16H25N3O2/c1-16(2,3)15(20)21-19-8-6-11(7-9-19)12-4-5-13(17)14(18)10-12/h4-5,10-11H,6-9,17-18H2,1-3H3. The molecule has 1 saturated heterocycles. The van der Waals surface area contributed by atoms with Crippen LogP contribution >= 0.6 is 0 Å². The van der Waals surface area contributed by atoms with Crippen LogP contribution in [-0.2, 0) is 9.63 Å². The van der Waals surface area contributed by atoms with Crippen molar-refractivity contribution in [1.29, 1.82) is 0 Å². The Kier molecular flexibility index (Phi) is 4.42. The monoisotopic (exact) mass is 291 g/mol. The van der Waals surface area contributed by atoms with Gasteiger partial charge in [0.2, 0.25) is 0 Å². The Hall–Kier alpha value is -1.75. The second-order valence-electron chi connectivity index (χ2n) is 6.72. The van der Waals surface area contributed by atoms with E-state index in [4.69, 9.17) is 16.3 Å². The lowest BCUT2D eigenvalue weighted by molar-refractivity contribution is -0.204. The molecule has 0 spiro atoms. The zero-order valence-corrected chi connectivity index (χ0v) is 13.1. The van der Waals surface area contributed by atoms with Crippen LogP contribution in [0.1, 0.15) is 45.1 Å². The van der Waals surface area contributed by atoms with Gasteiger partial charge in [-0.25, -0.2) is 4.79 Å². The summed E-state index contributed by atoms with van der Waals surface area (Å²) in [6.45, 7) is 7.07. The number of benzene rings is 1. The summed E-state index contributed by atoms with van der Waals surface area (Å²) in [6, 6.07) is 5.85. The lowest BCUT2D eigenvalue weighted by Gasteiger charge is -2.32. The Balaban J connectivity index is 1.91. The van der Waals surface area contributed by atoms with Crippen LogP contribution in [0.2, 0.25) is 0 Å². The molecule has 116 valence electrons. The Morgan fingerprint density at radius 3 is 2.33 bits per heavy atom. The molecule has 0 atom stereocenters. The second-order valence-corrected chi connectivity index (χ2v) is 6.72. The first-order valence-electron chi connectivity index (χ1n) is 7.39. The summed E-state index contributed by atoms with van der Waals surface area (Å²) in [6.07, 6.45) is 1.89. The first kappa shape index (κ1) is 15.6. The number of piperidine rings is 1. The molecule has 0 unspecified atom stereocenters. The third-order valence-electron chi connectivity index (χ3n) is 3.86. The van der Waals surface area contributed by atoms with E-state index in [2.05, 4.69) is 0 Å². The Bertz CT molecular complexity index is 515. The van der Waals surface area contributed by atoms with E-state index in [-0.39, 0.29) is 5.97 Å². The first-order valence-corrected chi connectivity index (χ1v) is 7.39. The van der Waals surface area contributed by atoms with E-state index >= 15 is 0 Å². The maximum Gasteiger partial charge on any atom is 0.330 e. The van der Waals surface area contributed by atoms with Gasteiger partial charge in [-0.1, -0.05) is 6.07 Å². The fourth-order valence-corrected chi connectivity index (χ4v) is 2.38. The highest BCUT2D eigenvalue weighted by molar-refractivity contribution is 5.75. The van der Waals surface area contributed by atoms with E-state index in [9.17, 15) is 4.79 Å². The van der Waals surface area contributed by atoms with E-state index in [0.717, 1.165) is 25.9 Å². The van der Waals surface area contributed by atoms with E-state index in [1.807, 2.05) is 39.0 Å². The summed E-state index contributed by atoms with van der Waals surface area (Å²) < 4.78 is 0. The highest BCUT2D eigenvalue weighted by atomic mass is 16.7. The lowest BCUT2D eigenvalue weighted by atomic mass is 9.89. The Morgan fingerprint density at radius 1 is 1.19 bits per heavy atom. The molecule has 1 heterocycles. The Morgan fingerprint density at radius 2 is 1.81 bits per heavy atom. The Labute approximate surface area is 126 Å². The number of nitrogen functional groups attached to an aromatic ring is 2. The number of hydrogen-bond acceptors (Lipinski definition) is 5. The van der Waals surface area contributed by atoms with Crippen molar-refractivity contribution in [3.8, 4) is 0 Å². The predicted molar refractivity (Wildman–Crippen MR) is 84.4 cm³/mol. The summed E-state index contributed by atoms with van der Waals surface area (Å²) in [4.78, 5) is 17.3. The van der Waals surface area contributed by atoms with Gasteiger partial charge in [0.25, 0.3) is 0 Å². The van der Waals surface area contributed by atoms with Crippen LogP contribution in [0.5, 0.6) is 0 Å². The van der Waals surface area contributed by atoms with Crippen LogP contribution < -0.4 is 11.5 Å². The number of nitrogens with two attached hydrogens (primary N) is 2. The average molecular weight is 291 g/mol. The molecule has 21 heavy (non-hydrogen) atoms. The molecule has 0 saturated carbocycles. The lowest BCUT2D eigenvalue weighted by Crippen LogP contribution is -2.38. The maximum absolute atomic E-state index is 11.9. The fourth-order valence-electron chi connectivity index (χ4n) is 2.38. The van der Waals surface area contributed by atoms with Crippen molar-refractivity contribution in [1.82, 2.24) is 5.06 Å². The molecule has 2 rings (SSSR count). The van der Waals surface area contributed by atoms with Gasteiger partial charge in [-0.3, -0.25) is 0 Å². The van der Waals surface area contributed by atoms with Crippen molar-refractivity contribution < 1.29 is 9.63 Å². The van der Waals surface area contributed by atoms with Crippen LogP contribution in [-0.4, -0.2) is 24.1 Å². The molecule has 1 aromatic rings. The first-order chi connectivity index (χ1) is 9.77. The van der Waals surface area contributed by atoms with Gasteiger partial charge in [-0.15, -0.1) is 5.06 Å². The van der Waals surface area contributed by atoms with Crippen molar-refractivity contribution in [3.63, 3.8) is 0 Å². The zero-order valence-electron chi connectivity index (χ0n) is 13.1. The summed E-state index contributed by atoms with van der Waals surface area (Å²) >= 11 is 0. The smallest absolute Gasteiger partial charge is 0.330 e. The molecule has 4 N–H and O–H groups in total. The number of carbonyl (C=O) groups is 1. The minimum Gasteiger partial charge on any atom is -0.397 e. The fraction of sp³-hybridized carbons (Fsp3) is 0.562. The molecule has 5 nitrogen and oxygen atoms in total. The van der Waals surface area contributed by atoms with Crippen LogP contribution in [0.4, 0.5) is 11.4 Å². The summed E-state index contributed by atoms with van der Waals surface area (Å²) in [5.41, 5.74) is 13.6. The van der Waals surface area contributed by atoms with Gasteiger partial charge in [-0.05, 0) is 57.2 Å². The van der Waals surface area contributed by atoms with Gasteiger partial charge in [0, 0.05) is 13.1 Å². The van der Waals surface area contributed by atoms with Crippen molar-refractivity contribution in [2.75, 3.05) is 24.6 Å². The number of hydroxylamine groups is 2. The summed E-state index contributed by atoms with van der Waals surface area (Å²) in [7, 11) is 0. The molecular weight excluding hydrogens is 266 g/mol. The quantitative estimate of drug-likeness (QED) is 0.818. The minimum atomic E-state index is -0.470. The number of nitrogens with zero attached hydrogens (tertiary/aromatic N) is 1. The zero-order chi connectivity index (χ0) is 15.6. The highest BCUT2D eigenvalue weighted by Gasteiger charge is 2.28. The van der Waals surface area contributed by atoms with Gasteiger partial charge < -0.3 is 16.3 Å². The second kappa shape index (κ2) is 5.93. The normalized spacial score (nSPS) is 17.7. The molecule has 1 aliphatic heterocycles. The molecular formula is C16H25N3O2. The van der Waals surface area contributed by atoms with Gasteiger partial charge in [-0.2, -0.15) is 0 Å². The SMILES string of the molecule is CC(C)(C)C(=O)ON1CCC(c2ccc(N)c(N)c2)CC1. The number of rotatable bonds is 2. The molecule has 0 amide bonds. The van der Waals surface area contributed by atoms with Crippen LogP contribution in [0.3, 0.4) is 0 Å². The molecule has 0 aliphatic carbocycles. The molecule has 0 aromatic heterocycles. The third kappa shape index (κ3) is 3.88. The van der Waals surface area contributed by atoms with Crippen molar-refractivity contribution >= 4 is 17.3 Å². The van der Waals surface area contributed by atoms with Crippen LogP contribution in [0.25, 0.3) is 0 Å². The van der Waals surface area contributed by atoms with Crippen molar-refractivity contribution in [2.24, 2.45) is 5.41 Å². The van der Waals surface area contributed by atoms with Crippen LogP contribution in [0, 0.1) is 5.41 Å². The number of anilines is 2. The minimum absolute atomic E-state index is 0.183. The molecule has 1 aromatic carbocycles. The third-order valence-corrected chi connectivity index (χ3v) is 3.86. The van der Waals surface area contributed by atoms with Crippen LogP contribution in [0.15, 0.2) is 18.2 Å². The average Bonchev–Trinajstić information content (AvgIpc) is 2.42. The molecule has 5 heteroatoms. The summed E-state index contributed by atoms with van der Waals surface area (Å²) in [5, 5.41) is 1.77.